The van der Waals surface area contributed by atoms with Crippen LogP contribution in [0, 0.1) is 5.92 Å². The predicted molar refractivity (Wildman–Crippen MR) is 140 cm³/mol. The molecule has 0 bridgehead atoms. The standard InChI is InChI=1S/C24H26BrClF3N3O5S/c1-2-38(36,37)32(13-14-4-3-5-17(26)8-14)22(33)16-9-19(24(27,28)29)18(20(25)10-16)11-21(31-23(34)35)15-6-7-30-12-15/h3-5,8-10,15,21,30-31H,2,6-7,11-13H2,1H3,(H,34,35)/t15?,21-/m0/s1. The van der Waals surface area contributed by atoms with Crippen LogP contribution < -0.4 is 10.6 Å². The van der Waals surface area contributed by atoms with Gasteiger partial charge in [0.05, 0.1) is 17.9 Å². The van der Waals surface area contributed by atoms with Crippen LogP contribution in [0.15, 0.2) is 40.9 Å². The zero-order chi connectivity index (χ0) is 28.3. The number of nitrogens with zero attached hydrogens (tertiary/aromatic N) is 1. The number of carbonyl (C=O) groups is 2. The summed E-state index contributed by atoms with van der Waals surface area (Å²) >= 11 is 9.10. The average molecular weight is 641 g/mol. The quantitative estimate of drug-likeness (QED) is 0.359. The van der Waals surface area contributed by atoms with Gasteiger partial charge in [-0.05, 0) is 74.2 Å². The number of alkyl halides is 3. The molecule has 38 heavy (non-hydrogen) atoms. The summed E-state index contributed by atoms with van der Waals surface area (Å²) in [5.74, 6) is -1.82. The predicted octanol–water partition coefficient (Wildman–Crippen LogP) is 4.90. The van der Waals surface area contributed by atoms with E-state index < -0.39 is 57.7 Å². The first-order chi connectivity index (χ1) is 17.7. The lowest BCUT2D eigenvalue weighted by Crippen LogP contribution is -2.42. The summed E-state index contributed by atoms with van der Waals surface area (Å²) in [5, 5.41) is 14.9. The Labute approximate surface area is 231 Å². The molecule has 1 fully saturated rings. The number of hydrogen-bond acceptors (Lipinski definition) is 5. The number of sulfonamides is 1. The summed E-state index contributed by atoms with van der Waals surface area (Å²) in [6.45, 7) is 1.95. The summed E-state index contributed by atoms with van der Waals surface area (Å²) in [6, 6.07) is 7.06. The van der Waals surface area contributed by atoms with Gasteiger partial charge in [0.1, 0.15) is 0 Å². The van der Waals surface area contributed by atoms with Crippen LogP contribution in [0.3, 0.4) is 0 Å². The SMILES string of the molecule is CCS(=O)(=O)N(Cc1cccc(Cl)c1)C(=O)c1cc(Br)c(C[C@H](NC(=O)O)C2CCNC2)c(C(F)(F)F)c1. The lowest BCUT2D eigenvalue weighted by atomic mass is 9.90. The molecule has 0 spiro atoms. The average Bonchev–Trinajstić information content (AvgIpc) is 3.36. The highest BCUT2D eigenvalue weighted by atomic mass is 79.9. The van der Waals surface area contributed by atoms with Crippen molar-refractivity contribution in [3.8, 4) is 0 Å². The van der Waals surface area contributed by atoms with E-state index in [2.05, 4.69) is 26.6 Å². The maximum atomic E-state index is 14.2. The number of carbonyl (C=O) groups excluding carboxylic acids is 1. The smallest absolute Gasteiger partial charge is 0.416 e. The molecule has 3 N–H and O–H groups in total. The van der Waals surface area contributed by atoms with E-state index in [1.165, 1.54) is 13.0 Å². The fourth-order valence-corrected chi connectivity index (χ4v) is 6.20. The van der Waals surface area contributed by atoms with E-state index in [0.717, 1.165) is 6.07 Å². The van der Waals surface area contributed by atoms with E-state index in [4.69, 9.17) is 11.6 Å². The molecule has 1 saturated heterocycles. The van der Waals surface area contributed by atoms with E-state index in [1.54, 1.807) is 18.2 Å². The monoisotopic (exact) mass is 639 g/mol. The van der Waals surface area contributed by atoms with E-state index >= 15 is 0 Å². The molecule has 1 heterocycles. The highest BCUT2D eigenvalue weighted by molar-refractivity contribution is 9.10. The molecule has 14 heteroatoms. The third-order valence-corrected chi connectivity index (χ3v) is 8.93. The van der Waals surface area contributed by atoms with Crippen molar-refractivity contribution in [2.45, 2.75) is 38.5 Å². The van der Waals surface area contributed by atoms with Crippen LogP contribution in [0.25, 0.3) is 0 Å². The van der Waals surface area contributed by atoms with Crippen molar-refractivity contribution in [3.05, 3.63) is 68.1 Å². The van der Waals surface area contributed by atoms with Crippen LogP contribution in [-0.4, -0.2) is 54.7 Å². The molecule has 1 aliphatic heterocycles. The van der Waals surface area contributed by atoms with Crippen molar-refractivity contribution in [1.29, 1.82) is 0 Å². The van der Waals surface area contributed by atoms with Crippen molar-refractivity contribution in [2.24, 2.45) is 5.92 Å². The fourth-order valence-electron chi connectivity index (χ4n) is 4.35. The Morgan fingerprint density at radius 1 is 1.29 bits per heavy atom. The first-order valence-electron chi connectivity index (χ1n) is 11.6. The number of benzene rings is 2. The zero-order valence-corrected chi connectivity index (χ0v) is 23.3. The highest BCUT2D eigenvalue weighted by Crippen LogP contribution is 2.38. The van der Waals surface area contributed by atoms with Gasteiger partial charge in [-0.1, -0.05) is 39.7 Å². The van der Waals surface area contributed by atoms with E-state index in [0.29, 0.717) is 40.5 Å². The molecule has 1 aliphatic rings. The fraction of sp³-hybridized carbons (Fsp3) is 0.417. The molecule has 2 amide bonds. The van der Waals surface area contributed by atoms with Crippen molar-refractivity contribution < 1.29 is 36.3 Å². The number of nitrogens with one attached hydrogen (secondary N) is 2. The molecule has 1 unspecified atom stereocenters. The number of rotatable bonds is 9. The highest BCUT2D eigenvalue weighted by Gasteiger charge is 2.38. The molecular weight excluding hydrogens is 615 g/mol. The molecule has 2 aromatic rings. The van der Waals surface area contributed by atoms with Gasteiger partial charge >= 0.3 is 12.3 Å². The molecule has 3 rings (SSSR count). The van der Waals surface area contributed by atoms with Crippen molar-refractivity contribution >= 4 is 49.6 Å². The first kappa shape index (κ1) is 30.2. The molecule has 2 aromatic carbocycles. The minimum Gasteiger partial charge on any atom is -0.465 e. The van der Waals surface area contributed by atoms with Gasteiger partial charge in [-0.3, -0.25) is 4.79 Å². The number of carboxylic acid groups (broad SMARTS) is 1. The molecular formula is C24H26BrClF3N3O5S. The second-order valence-electron chi connectivity index (χ2n) is 8.84. The van der Waals surface area contributed by atoms with Crippen LogP contribution in [0.2, 0.25) is 5.02 Å². The number of hydrogen-bond donors (Lipinski definition) is 3. The van der Waals surface area contributed by atoms with Crippen molar-refractivity contribution in [2.75, 3.05) is 18.8 Å². The number of halogens is 5. The van der Waals surface area contributed by atoms with Gasteiger partial charge in [-0.15, -0.1) is 0 Å². The maximum absolute atomic E-state index is 14.2. The van der Waals surface area contributed by atoms with Gasteiger partial charge in [0.25, 0.3) is 5.91 Å². The normalized spacial score (nSPS) is 16.7. The Morgan fingerprint density at radius 2 is 2.00 bits per heavy atom. The van der Waals surface area contributed by atoms with Gasteiger partial charge < -0.3 is 15.7 Å². The third-order valence-electron chi connectivity index (χ3n) is 6.29. The van der Waals surface area contributed by atoms with Gasteiger partial charge in [-0.2, -0.15) is 13.2 Å². The van der Waals surface area contributed by atoms with Crippen LogP contribution >= 0.6 is 27.5 Å². The van der Waals surface area contributed by atoms with E-state index in [9.17, 15) is 36.3 Å². The molecule has 0 radical (unpaired) electrons. The Hall–Kier alpha value is -2.35. The van der Waals surface area contributed by atoms with Gasteiger partial charge in [-0.25, -0.2) is 17.5 Å². The van der Waals surface area contributed by atoms with Crippen molar-refractivity contribution in [1.82, 2.24) is 14.9 Å². The summed E-state index contributed by atoms with van der Waals surface area (Å²) in [6.07, 6.45) is -5.98. The minimum atomic E-state index is -4.91. The lowest BCUT2D eigenvalue weighted by molar-refractivity contribution is -0.138. The second kappa shape index (κ2) is 12.2. The van der Waals surface area contributed by atoms with Gasteiger partial charge in [0, 0.05) is 21.1 Å². The summed E-state index contributed by atoms with van der Waals surface area (Å²) in [5.41, 5.74) is -1.51. The van der Waals surface area contributed by atoms with Crippen LogP contribution in [0.1, 0.15) is 40.4 Å². The van der Waals surface area contributed by atoms with Gasteiger partial charge in [0.2, 0.25) is 10.0 Å². The largest absolute Gasteiger partial charge is 0.465 e. The Balaban J connectivity index is 2.05. The molecule has 8 nitrogen and oxygen atoms in total. The molecule has 0 saturated carbocycles. The Bertz CT molecular complexity index is 1300. The molecule has 2 atom stereocenters. The zero-order valence-electron chi connectivity index (χ0n) is 20.2. The van der Waals surface area contributed by atoms with E-state index in [-0.39, 0.29) is 22.4 Å². The Morgan fingerprint density at radius 3 is 2.55 bits per heavy atom. The Kier molecular flexibility index (Phi) is 9.71. The summed E-state index contributed by atoms with van der Waals surface area (Å²) in [4.78, 5) is 24.7. The topological polar surface area (TPSA) is 116 Å². The molecule has 0 aromatic heterocycles. The van der Waals surface area contributed by atoms with Crippen LogP contribution in [-0.2, 0) is 29.2 Å². The van der Waals surface area contributed by atoms with Gasteiger partial charge in [0.15, 0.2) is 0 Å². The molecule has 208 valence electrons. The van der Waals surface area contributed by atoms with Crippen LogP contribution in [0.5, 0.6) is 0 Å². The third kappa shape index (κ3) is 7.39. The number of amides is 2. The minimum absolute atomic E-state index is 0.0876. The maximum Gasteiger partial charge on any atom is 0.416 e. The first-order valence-corrected chi connectivity index (χ1v) is 14.4. The van der Waals surface area contributed by atoms with Crippen LogP contribution in [0.4, 0.5) is 18.0 Å². The summed E-state index contributed by atoms with van der Waals surface area (Å²) < 4.78 is 68.7. The lowest BCUT2D eigenvalue weighted by Gasteiger charge is -2.26. The second-order valence-corrected chi connectivity index (χ2v) is 12.3. The summed E-state index contributed by atoms with van der Waals surface area (Å²) in [7, 11) is -4.17. The van der Waals surface area contributed by atoms with Crippen molar-refractivity contribution in [3.63, 3.8) is 0 Å². The van der Waals surface area contributed by atoms with E-state index in [1.807, 2.05) is 0 Å². The molecule has 0 aliphatic carbocycles.